The van der Waals surface area contributed by atoms with E-state index in [2.05, 4.69) is 23.6 Å². The molecular formula is C16H24N2OS. The van der Waals surface area contributed by atoms with Crippen LogP contribution < -0.4 is 16.0 Å². The fourth-order valence-electron chi connectivity index (χ4n) is 3.34. The fourth-order valence-corrected chi connectivity index (χ4v) is 4.42. The van der Waals surface area contributed by atoms with E-state index in [0.717, 1.165) is 23.8 Å². The molecule has 20 heavy (non-hydrogen) atoms. The van der Waals surface area contributed by atoms with Gasteiger partial charge >= 0.3 is 0 Å². The molecule has 0 amide bonds. The smallest absolute Gasteiger partial charge is 0.133 e. The van der Waals surface area contributed by atoms with E-state index >= 15 is 0 Å². The van der Waals surface area contributed by atoms with Gasteiger partial charge in [-0.1, -0.05) is 44.2 Å². The van der Waals surface area contributed by atoms with Crippen LogP contribution in [0, 0.1) is 5.92 Å². The van der Waals surface area contributed by atoms with Crippen molar-refractivity contribution >= 4 is 11.8 Å². The van der Waals surface area contributed by atoms with E-state index in [9.17, 15) is 0 Å². The summed E-state index contributed by atoms with van der Waals surface area (Å²) in [5.74, 6) is 8.61. The molecule has 2 unspecified atom stereocenters. The Morgan fingerprint density at radius 1 is 1.25 bits per heavy atom. The number of hydrogen-bond acceptors (Lipinski definition) is 4. The predicted molar refractivity (Wildman–Crippen MR) is 83.9 cm³/mol. The first kappa shape index (κ1) is 14.2. The number of nitrogens with one attached hydrogen (secondary N) is 1. The van der Waals surface area contributed by atoms with Crippen molar-refractivity contribution in [3.63, 3.8) is 0 Å². The van der Waals surface area contributed by atoms with Crippen molar-refractivity contribution in [1.82, 2.24) is 5.43 Å². The third-order valence-corrected chi connectivity index (χ3v) is 5.65. The highest BCUT2D eigenvalue weighted by Crippen LogP contribution is 2.37. The van der Waals surface area contributed by atoms with Crippen LogP contribution in [0.5, 0.6) is 5.75 Å². The molecule has 1 aromatic rings. The highest BCUT2D eigenvalue weighted by Gasteiger charge is 2.29. The van der Waals surface area contributed by atoms with Crippen molar-refractivity contribution in [2.24, 2.45) is 11.8 Å². The lowest BCUT2D eigenvalue weighted by Crippen LogP contribution is -2.49. The van der Waals surface area contributed by atoms with Crippen LogP contribution in [-0.2, 0) is 0 Å². The lowest BCUT2D eigenvalue weighted by atomic mass is 9.84. The summed E-state index contributed by atoms with van der Waals surface area (Å²) in [7, 11) is 0. The van der Waals surface area contributed by atoms with Gasteiger partial charge in [0.15, 0.2) is 0 Å². The van der Waals surface area contributed by atoms with E-state index in [1.807, 2.05) is 17.8 Å². The summed E-state index contributed by atoms with van der Waals surface area (Å²) in [4.78, 5) is 1.25. The molecular weight excluding hydrogens is 268 g/mol. The SMILES string of the molecule is NNC(CC1CCCCC1)C1CSc2ccccc2O1. The molecule has 2 aliphatic rings. The molecule has 3 rings (SSSR count). The largest absolute Gasteiger partial charge is 0.487 e. The Kier molecular flexibility index (Phi) is 4.86. The van der Waals surface area contributed by atoms with Crippen LogP contribution in [0.4, 0.5) is 0 Å². The summed E-state index contributed by atoms with van der Waals surface area (Å²) in [6, 6.07) is 8.55. The molecule has 1 heterocycles. The number of rotatable bonds is 4. The van der Waals surface area contributed by atoms with Crippen LogP contribution >= 0.6 is 11.8 Å². The zero-order chi connectivity index (χ0) is 13.8. The molecule has 2 atom stereocenters. The van der Waals surface area contributed by atoms with Crippen molar-refractivity contribution in [3.05, 3.63) is 24.3 Å². The second kappa shape index (κ2) is 6.83. The number of hydrazine groups is 1. The van der Waals surface area contributed by atoms with E-state index in [4.69, 9.17) is 10.6 Å². The molecule has 1 fully saturated rings. The van der Waals surface area contributed by atoms with Gasteiger partial charge < -0.3 is 4.74 Å². The van der Waals surface area contributed by atoms with Crippen molar-refractivity contribution in [1.29, 1.82) is 0 Å². The number of benzene rings is 1. The van der Waals surface area contributed by atoms with Crippen molar-refractivity contribution in [3.8, 4) is 5.75 Å². The lowest BCUT2D eigenvalue weighted by molar-refractivity contribution is 0.142. The molecule has 1 saturated carbocycles. The molecule has 1 aromatic carbocycles. The third-order valence-electron chi connectivity index (χ3n) is 4.51. The monoisotopic (exact) mass is 292 g/mol. The summed E-state index contributed by atoms with van der Waals surface area (Å²) in [5.41, 5.74) is 3.01. The van der Waals surface area contributed by atoms with Crippen molar-refractivity contribution in [2.75, 3.05) is 5.75 Å². The second-order valence-corrected chi connectivity index (χ2v) is 6.99. The van der Waals surface area contributed by atoms with Crippen LogP contribution in [-0.4, -0.2) is 17.9 Å². The second-order valence-electron chi connectivity index (χ2n) is 5.93. The van der Waals surface area contributed by atoms with Gasteiger partial charge in [-0.3, -0.25) is 11.3 Å². The third kappa shape index (κ3) is 3.30. The molecule has 0 aromatic heterocycles. The van der Waals surface area contributed by atoms with Gasteiger partial charge in [0, 0.05) is 10.6 Å². The van der Waals surface area contributed by atoms with E-state index in [-0.39, 0.29) is 12.1 Å². The molecule has 0 spiro atoms. The van der Waals surface area contributed by atoms with Crippen LogP contribution in [0.1, 0.15) is 38.5 Å². The average Bonchev–Trinajstić information content (AvgIpc) is 2.53. The van der Waals surface area contributed by atoms with E-state index in [0.29, 0.717) is 0 Å². The maximum Gasteiger partial charge on any atom is 0.133 e. The van der Waals surface area contributed by atoms with Gasteiger partial charge in [0.25, 0.3) is 0 Å². The van der Waals surface area contributed by atoms with Gasteiger partial charge in [0.2, 0.25) is 0 Å². The predicted octanol–water partition coefficient (Wildman–Crippen LogP) is 3.34. The maximum absolute atomic E-state index is 6.16. The molecule has 0 bridgehead atoms. The normalized spacial score (nSPS) is 24.8. The number of nitrogens with two attached hydrogens (primary N) is 1. The standard InChI is InChI=1S/C16H24N2OS/c17-18-13(10-12-6-2-1-3-7-12)15-11-20-16-9-5-4-8-14(16)19-15/h4-5,8-9,12-13,15,18H,1-3,6-7,10-11,17H2. The first-order chi connectivity index (χ1) is 9.86. The zero-order valence-electron chi connectivity index (χ0n) is 11.9. The topological polar surface area (TPSA) is 47.3 Å². The summed E-state index contributed by atoms with van der Waals surface area (Å²) in [5, 5.41) is 0. The van der Waals surface area contributed by atoms with Crippen molar-refractivity contribution < 1.29 is 4.74 Å². The van der Waals surface area contributed by atoms with Gasteiger partial charge in [0.05, 0.1) is 6.04 Å². The Morgan fingerprint density at radius 2 is 2.05 bits per heavy atom. The summed E-state index contributed by atoms with van der Waals surface area (Å²) >= 11 is 1.88. The number of fused-ring (bicyclic) bond motifs is 1. The van der Waals surface area contributed by atoms with Crippen LogP contribution in [0.2, 0.25) is 0 Å². The van der Waals surface area contributed by atoms with Crippen LogP contribution in [0.15, 0.2) is 29.2 Å². The summed E-state index contributed by atoms with van der Waals surface area (Å²) in [6.07, 6.45) is 8.20. The maximum atomic E-state index is 6.16. The van der Waals surface area contributed by atoms with E-state index in [1.54, 1.807) is 0 Å². The van der Waals surface area contributed by atoms with Gasteiger partial charge in [-0.05, 0) is 24.5 Å². The van der Waals surface area contributed by atoms with Gasteiger partial charge in [-0.15, -0.1) is 11.8 Å². The molecule has 0 saturated heterocycles. The molecule has 1 aliphatic carbocycles. The number of ether oxygens (including phenoxy) is 1. The quantitative estimate of drug-likeness (QED) is 0.660. The average molecular weight is 292 g/mol. The first-order valence-electron chi connectivity index (χ1n) is 7.71. The number of hydrogen-bond donors (Lipinski definition) is 2. The number of para-hydroxylation sites is 1. The van der Waals surface area contributed by atoms with Crippen LogP contribution in [0.3, 0.4) is 0 Å². The molecule has 110 valence electrons. The van der Waals surface area contributed by atoms with Crippen LogP contribution in [0.25, 0.3) is 0 Å². The minimum Gasteiger partial charge on any atom is -0.487 e. The van der Waals surface area contributed by atoms with Crippen molar-refractivity contribution in [2.45, 2.75) is 55.6 Å². The van der Waals surface area contributed by atoms with Gasteiger partial charge in [-0.2, -0.15) is 0 Å². The molecule has 1 aliphatic heterocycles. The lowest BCUT2D eigenvalue weighted by Gasteiger charge is -2.34. The highest BCUT2D eigenvalue weighted by atomic mass is 32.2. The Hall–Kier alpha value is -0.710. The Labute approximate surface area is 125 Å². The first-order valence-corrected chi connectivity index (χ1v) is 8.70. The van der Waals surface area contributed by atoms with E-state index in [1.165, 1.54) is 37.0 Å². The minimum absolute atomic E-state index is 0.182. The molecule has 3 nitrogen and oxygen atoms in total. The summed E-state index contributed by atoms with van der Waals surface area (Å²) in [6.45, 7) is 0. The number of thioether (sulfide) groups is 1. The van der Waals surface area contributed by atoms with E-state index < -0.39 is 0 Å². The molecule has 3 N–H and O–H groups in total. The Bertz CT molecular complexity index is 434. The zero-order valence-corrected chi connectivity index (χ0v) is 12.7. The molecule has 4 heteroatoms. The minimum atomic E-state index is 0.182. The Morgan fingerprint density at radius 3 is 2.85 bits per heavy atom. The van der Waals surface area contributed by atoms with Gasteiger partial charge in [0.1, 0.15) is 11.9 Å². The fraction of sp³-hybridized carbons (Fsp3) is 0.625. The Balaban J connectivity index is 1.62. The summed E-state index contributed by atoms with van der Waals surface area (Å²) < 4.78 is 6.16. The van der Waals surface area contributed by atoms with Gasteiger partial charge in [-0.25, -0.2) is 0 Å². The molecule has 0 radical (unpaired) electrons. The highest BCUT2D eigenvalue weighted by molar-refractivity contribution is 7.99.